The van der Waals surface area contributed by atoms with Gasteiger partial charge in [-0.15, -0.1) is 0 Å². The lowest BCUT2D eigenvalue weighted by molar-refractivity contribution is 0.0855. The van der Waals surface area contributed by atoms with Gasteiger partial charge in [-0.25, -0.2) is 4.39 Å². The van der Waals surface area contributed by atoms with E-state index in [2.05, 4.69) is 0 Å². The fraction of sp³-hybridized carbons (Fsp3) is 0.364. The summed E-state index contributed by atoms with van der Waals surface area (Å²) in [7, 11) is 0. The van der Waals surface area contributed by atoms with E-state index in [1.54, 1.807) is 12.1 Å². The van der Waals surface area contributed by atoms with Crippen molar-refractivity contribution in [1.82, 2.24) is 0 Å². The molecular formula is C11H11FO. The van der Waals surface area contributed by atoms with Crippen LogP contribution in [0.25, 0.3) is 0 Å². The third-order valence-corrected chi connectivity index (χ3v) is 2.60. The lowest BCUT2D eigenvalue weighted by atomic mass is 9.80. The van der Waals surface area contributed by atoms with Gasteiger partial charge in [0.25, 0.3) is 0 Å². The Labute approximate surface area is 76.6 Å². The molecule has 1 aliphatic rings. The first-order valence-corrected chi connectivity index (χ1v) is 4.57. The minimum absolute atomic E-state index is 0.172. The van der Waals surface area contributed by atoms with Crippen molar-refractivity contribution in [3.8, 4) is 0 Å². The fourth-order valence-corrected chi connectivity index (χ4v) is 1.52. The van der Waals surface area contributed by atoms with E-state index in [0.717, 1.165) is 19.3 Å². The van der Waals surface area contributed by atoms with Crippen LogP contribution < -0.4 is 0 Å². The molecule has 0 aromatic heterocycles. The average Bonchev–Trinajstić information content (AvgIpc) is 2.02. The van der Waals surface area contributed by atoms with Gasteiger partial charge in [0, 0.05) is 11.5 Å². The zero-order valence-corrected chi connectivity index (χ0v) is 7.29. The highest BCUT2D eigenvalue weighted by molar-refractivity contribution is 5.98. The zero-order valence-electron chi connectivity index (χ0n) is 7.29. The summed E-state index contributed by atoms with van der Waals surface area (Å²) < 4.78 is 12.5. The first-order valence-electron chi connectivity index (χ1n) is 4.57. The lowest BCUT2D eigenvalue weighted by Gasteiger charge is -2.23. The van der Waals surface area contributed by atoms with Gasteiger partial charge in [-0.3, -0.25) is 4.79 Å². The maximum Gasteiger partial charge on any atom is 0.165 e. The molecule has 1 aliphatic carbocycles. The smallest absolute Gasteiger partial charge is 0.165 e. The van der Waals surface area contributed by atoms with Gasteiger partial charge in [-0.05, 0) is 37.1 Å². The highest BCUT2D eigenvalue weighted by atomic mass is 19.1. The molecule has 0 aliphatic heterocycles. The molecule has 0 spiro atoms. The van der Waals surface area contributed by atoms with E-state index in [1.165, 1.54) is 12.1 Å². The zero-order chi connectivity index (χ0) is 9.26. The third-order valence-electron chi connectivity index (χ3n) is 2.60. The van der Waals surface area contributed by atoms with Crippen molar-refractivity contribution < 1.29 is 9.18 Å². The van der Waals surface area contributed by atoms with Crippen LogP contribution in [-0.2, 0) is 0 Å². The van der Waals surface area contributed by atoms with Crippen LogP contribution in [0.3, 0.4) is 0 Å². The van der Waals surface area contributed by atoms with Gasteiger partial charge >= 0.3 is 0 Å². The molecule has 0 heterocycles. The quantitative estimate of drug-likeness (QED) is 0.636. The van der Waals surface area contributed by atoms with Crippen molar-refractivity contribution in [1.29, 1.82) is 0 Å². The Morgan fingerprint density at radius 1 is 1.23 bits per heavy atom. The normalized spacial score (nSPS) is 16.7. The van der Waals surface area contributed by atoms with Crippen molar-refractivity contribution in [2.45, 2.75) is 19.3 Å². The summed E-state index contributed by atoms with van der Waals surface area (Å²) in [6, 6.07) is 5.81. The second kappa shape index (κ2) is 3.29. The molecule has 1 nitrogen and oxygen atoms in total. The SMILES string of the molecule is O=C(c1ccc(F)cc1)C1CCC1. The molecule has 0 radical (unpaired) electrons. The topological polar surface area (TPSA) is 17.1 Å². The summed E-state index contributed by atoms with van der Waals surface area (Å²) in [5, 5.41) is 0. The minimum atomic E-state index is -0.287. The molecule has 1 aromatic rings. The first-order chi connectivity index (χ1) is 6.27. The van der Waals surface area contributed by atoms with Crippen molar-refractivity contribution in [2.24, 2.45) is 5.92 Å². The first kappa shape index (κ1) is 8.42. The van der Waals surface area contributed by atoms with Crippen LogP contribution >= 0.6 is 0 Å². The molecule has 0 saturated heterocycles. The molecule has 2 heteroatoms. The van der Waals surface area contributed by atoms with Gasteiger partial charge in [0.05, 0.1) is 0 Å². The number of carbonyl (C=O) groups excluding carboxylic acids is 1. The largest absolute Gasteiger partial charge is 0.294 e. The van der Waals surface area contributed by atoms with Gasteiger partial charge in [0.2, 0.25) is 0 Å². The molecule has 0 bridgehead atoms. The Balaban J connectivity index is 2.15. The van der Waals surface area contributed by atoms with Gasteiger partial charge in [0.1, 0.15) is 5.82 Å². The van der Waals surface area contributed by atoms with Crippen LogP contribution in [0.2, 0.25) is 0 Å². The Morgan fingerprint density at radius 2 is 1.85 bits per heavy atom. The van der Waals surface area contributed by atoms with Gasteiger partial charge in [-0.2, -0.15) is 0 Å². The summed E-state index contributed by atoms with van der Waals surface area (Å²) in [6.45, 7) is 0. The van der Waals surface area contributed by atoms with E-state index in [9.17, 15) is 9.18 Å². The van der Waals surface area contributed by atoms with Crippen LogP contribution in [0.15, 0.2) is 24.3 Å². The molecule has 1 saturated carbocycles. The summed E-state index contributed by atoms with van der Waals surface area (Å²) in [4.78, 5) is 11.6. The number of hydrogen-bond acceptors (Lipinski definition) is 1. The Hall–Kier alpha value is -1.18. The molecule has 0 N–H and O–H groups in total. The summed E-state index contributed by atoms with van der Waals surface area (Å²) in [5.74, 6) is 0.0851. The van der Waals surface area contributed by atoms with Crippen molar-refractivity contribution in [2.75, 3.05) is 0 Å². The third kappa shape index (κ3) is 1.62. The standard InChI is InChI=1S/C11H11FO/c12-10-6-4-9(5-7-10)11(13)8-2-1-3-8/h4-8H,1-3H2. The van der Waals surface area contributed by atoms with Gasteiger partial charge in [0.15, 0.2) is 5.78 Å². The second-order valence-electron chi connectivity index (χ2n) is 3.50. The Morgan fingerprint density at radius 3 is 2.31 bits per heavy atom. The predicted octanol–water partition coefficient (Wildman–Crippen LogP) is 2.81. The monoisotopic (exact) mass is 178 g/mol. The average molecular weight is 178 g/mol. The molecule has 68 valence electrons. The maximum atomic E-state index is 12.5. The van der Waals surface area contributed by atoms with E-state index >= 15 is 0 Å². The van der Waals surface area contributed by atoms with E-state index in [1.807, 2.05) is 0 Å². The van der Waals surface area contributed by atoms with Crippen molar-refractivity contribution in [3.63, 3.8) is 0 Å². The summed E-state index contributed by atoms with van der Waals surface area (Å²) in [5.41, 5.74) is 0.645. The number of carbonyl (C=O) groups is 1. The fourth-order valence-electron chi connectivity index (χ4n) is 1.52. The van der Waals surface area contributed by atoms with Crippen LogP contribution in [0.5, 0.6) is 0 Å². The predicted molar refractivity (Wildman–Crippen MR) is 48.1 cm³/mol. The summed E-state index contributed by atoms with van der Waals surface area (Å²) >= 11 is 0. The maximum absolute atomic E-state index is 12.5. The van der Waals surface area contributed by atoms with Gasteiger partial charge < -0.3 is 0 Å². The van der Waals surface area contributed by atoms with Crippen LogP contribution in [0, 0.1) is 11.7 Å². The van der Waals surface area contributed by atoms with E-state index in [0.29, 0.717) is 5.56 Å². The van der Waals surface area contributed by atoms with Crippen LogP contribution in [-0.4, -0.2) is 5.78 Å². The minimum Gasteiger partial charge on any atom is -0.294 e. The molecule has 13 heavy (non-hydrogen) atoms. The van der Waals surface area contributed by atoms with Crippen molar-refractivity contribution >= 4 is 5.78 Å². The van der Waals surface area contributed by atoms with Gasteiger partial charge in [-0.1, -0.05) is 6.42 Å². The number of benzene rings is 1. The highest BCUT2D eigenvalue weighted by Crippen LogP contribution is 2.29. The molecule has 1 fully saturated rings. The van der Waals surface area contributed by atoms with Crippen molar-refractivity contribution in [3.05, 3.63) is 35.6 Å². The number of Topliss-reactive ketones (excluding diaryl/α,β-unsaturated/α-hetero) is 1. The van der Waals surface area contributed by atoms with E-state index < -0.39 is 0 Å². The molecule has 0 atom stereocenters. The number of halogens is 1. The molecular weight excluding hydrogens is 167 g/mol. The Kier molecular flexibility index (Phi) is 2.13. The molecule has 0 amide bonds. The lowest BCUT2D eigenvalue weighted by Crippen LogP contribution is -2.21. The van der Waals surface area contributed by atoms with Crippen LogP contribution in [0.4, 0.5) is 4.39 Å². The number of ketones is 1. The van der Waals surface area contributed by atoms with E-state index in [4.69, 9.17) is 0 Å². The van der Waals surface area contributed by atoms with Crippen LogP contribution in [0.1, 0.15) is 29.6 Å². The molecule has 1 aromatic carbocycles. The Bertz CT molecular complexity index is 311. The van der Waals surface area contributed by atoms with E-state index in [-0.39, 0.29) is 17.5 Å². The number of rotatable bonds is 2. The molecule has 2 rings (SSSR count). The molecule has 0 unspecified atom stereocenters. The highest BCUT2D eigenvalue weighted by Gasteiger charge is 2.25. The summed E-state index contributed by atoms with van der Waals surface area (Å²) in [6.07, 6.45) is 3.14. The second-order valence-corrected chi connectivity index (χ2v) is 3.50. The number of hydrogen-bond donors (Lipinski definition) is 0.